The van der Waals surface area contributed by atoms with Crippen molar-refractivity contribution in [2.75, 3.05) is 9.80 Å². The summed E-state index contributed by atoms with van der Waals surface area (Å²) in [6, 6.07) is 14.7. The van der Waals surface area contributed by atoms with Crippen LogP contribution < -0.4 is 9.80 Å². The Balaban J connectivity index is 1.84. The van der Waals surface area contributed by atoms with E-state index >= 15 is 0 Å². The summed E-state index contributed by atoms with van der Waals surface area (Å²) in [5.41, 5.74) is 4.12. The zero-order valence-corrected chi connectivity index (χ0v) is 19.5. The lowest BCUT2D eigenvalue weighted by atomic mass is 10.1. The van der Waals surface area contributed by atoms with Gasteiger partial charge in [0.1, 0.15) is 11.2 Å². The molecule has 4 heteroatoms. The molecule has 0 unspecified atom stereocenters. The van der Waals surface area contributed by atoms with Crippen LogP contribution in [0.25, 0.3) is 33.1 Å². The van der Waals surface area contributed by atoms with Crippen molar-refractivity contribution in [3.63, 3.8) is 0 Å². The molecule has 0 spiro atoms. The first-order valence-corrected chi connectivity index (χ1v) is 11.1. The summed E-state index contributed by atoms with van der Waals surface area (Å²) in [5.74, 6) is 0.607. The molecule has 160 valence electrons. The van der Waals surface area contributed by atoms with Gasteiger partial charge in [0.25, 0.3) is 5.78 Å². The normalized spacial score (nSPS) is 12.5. The summed E-state index contributed by atoms with van der Waals surface area (Å²) in [7, 11) is 0. The van der Waals surface area contributed by atoms with Gasteiger partial charge >= 0.3 is 0 Å². The maximum Gasteiger partial charge on any atom is 0.299 e. The van der Waals surface area contributed by atoms with Gasteiger partial charge in [-0.15, -0.1) is 0 Å². The molecular formula is C26H34N2O2. The van der Waals surface area contributed by atoms with E-state index in [4.69, 9.17) is 8.83 Å². The highest BCUT2D eigenvalue weighted by Gasteiger charge is 2.21. The maximum absolute atomic E-state index is 6.18. The molecule has 0 aliphatic rings. The standard InChI is InChI=1S/C26H34N2O2/c1-15(2)27(16(3)4)19-9-11-21-23(13-19)29-26-25(21)22-12-10-20(14-24(22)30-26)28(17(5)6)18(7)8/h9-18H,1-8H3. The van der Waals surface area contributed by atoms with Crippen LogP contribution in [0.2, 0.25) is 0 Å². The van der Waals surface area contributed by atoms with Gasteiger partial charge in [0.15, 0.2) is 0 Å². The fraction of sp³-hybridized carbons (Fsp3) is 0.462. The second-order valence-corrected chi connectivity index (χ2v) is 9.42. The molecule has 0 amide bonds. The van der Waals surface area contributed by atoms with Crippen LogP contribution in [-0.4, -0.2) is 24.2 Å². The van der Waals surface area contributed by atoms with Gasteiger partial charge < -0.3 is 18.6 Å². The second-order valence-electron chi connectivity index (χ2n) is 9.42. The average molecular weight is 407 g/mol. The van der Waals surface area contributed by atoms with E-state index in [1.807, 2.05) is 0 Å². The fourth-order valence-corrected chi connectivity index (χ4v) is 5.00. The first-order valence-electron chi connectivity index (χ1n) is 11.1. The largest absolute Gasteiger partial charge is 0.425 e. The Bertz CT molecular complexity index is 1070. The molecule has 4 aromatic rings. The number of fused-ring (bicyclic) bond motifs is 5. The molecule has 0 saturated heterocycles. The van der Waals surface area contributed by atoms with Crippen molar-refractivity contribution in [2.45, 2.75) is 79.6 Å². The minimum absolute atomic E-state index is 0.421. The second kappa shape index (κ2) is 7.57. The third-order valence-electron chi connectivity index (χ3n) is 5.90. The topological polar surface area (TPSA) is 32.8 Å². The van der Waals surface area contributed by atoms with Crippen molar-refractivity contribution in [1.29, 1.82) is 0 Å². The lowest BCUT2D eigenvalue weighted by molar-refractivity contribution is 0.524. The zero-order chi connectivity index (χ0) is 21.7. The SMILES string of the molecule is CC(C)N(c1ccc2c(c1)oc1oc3cc(N(C(C)C)C(C)C)ccc3c12)C(C)C. The van der Waals surface area contributed by atoms with Crippen molar-refractivity contribution in [3.8, 4) is 0 Å². The van der Waals surface area contributed by atoms with Gasteiger partial charge in [-0.3, -0.25) is 0 Å². The number of furan rings is 2. The number of rotatable bonds is 6. The number of anilines is 2. The summed E-state index contributed by atoms with van der Waals surface area (Å²) in [6.07, 6.45) is 0. The third kappa shape index (κ3) is 3.32. The fourth-order valence-electron chi connectivity index (χ4n) is 5.00. The lowest BCUT2D eigenvalue weighted by Gasteiger charge is -2.33. The summed E-state index contributed by atoms with van der Waals surface area (Å²) in [5, 5.41) is 3.29. The smallest absolute Gasteiger partial charge is 0.299 e. The molecule has 0 bridgehead atoms. The Labute approximate surface area is 179 Å². The van der Waals surface area contributed by atoms with E-state index in [2.05, 4.69) is 102 Å². The van der Waals surface area contributed by atoms with Crippen molar-refractivity contribution >= 4 is 44.5 Å². The van der Waals surface area contributed by atoms with Crippen LogP contribution in [-0.2, 0) is 0 Å². The summed E-state index contributed by atoms with van der Waals surface area (Å²) < 4.78 is 12.4. The monoisotopic (exact) mass is 406 g/mol. The minimum Gasteiger partial charge on any atom is -0.425 e. The Morgan fingerprint density at radius 3 is 1.27 bits per heavy atom. The highest BCUT2D eigenvalue weighted by atomic mass is 16.5. The van der Waals surface area contributed by atoms with Gasteiger partial charge in [0, 0.05) is 58.4 Å². The van der Waals surface area contributed by atoms with Gasteiger partial charge in [-0.1, -0.05) is 0 Å². The number of hydrogen-bond acceptors (Lipinski definition) is 4. The molecule has 30 heavy (non-hydrogen) atoms. The summed E-state index contributed by atoms with van der Waals surface area (Å²) in [4.78, 5) is 4.81. The van der Waals surface area contributed by atoms with Crippen LogP contribution in [0.15, 0.2) is 45.2 Å². The number of hydrogen-bond donors (Lipinski definition) is 0. The van der Waals surface area contributed by atoms with Crippen LogP contribution in [0.4, 0.5) is 11.4 Å². The van der Waals surface area contributed by atoms with Crippen molar-refractivity contribution in [2.24, 2.45) is 0 Å². The van der Waals surface area contributed by atoms with E-state index in [0.717, 1.165) is 27.3 Å². The molecule has 2 aromatic heterocycles. The highest BCUT2D eigenvalue weighted by Crippen LogP contribution is 2.40. The third-order valence-corrected chi connectivity index (χ3v) is 5.90. The van der Waals surface area contributed by atoms with Gasteiger partial charge in [0.05, 0.1) is 5.39 Å². The first-order chi connectivity index (χ1) is 14.2. The van der Waals surface area contributed by atoms with E-state index in [9.17, 15) is 0 Å². The molecule has 0 atom stereocenters. The van der Waals surface area contributed by atoms with Gasteiger partial charge in [-0.05, 0) is 79.7 Å². The summed E-state index contributed by atoms with van der Waals surface area (Å²) in [6.45, 7) is 17.8. The Morgan fingerprint density at radius 1 is 0.567 bits per heavy atom. The maximum atomic E-state index is 6.18. The van der Waals surface area contributed by atoms with E-state index in [-0.39, 0.29) is 0 Å². The van der Waals surface area contributed by atoms with Crippen LogP contribution >= 0.6 is 0 Å². The van der Waals surface area contributed by atoms with Gasteiger partial charge in [0.2, 0.25) is 0 Å². The Morgan fingerprint density at radius 2 is 0.933 bits per heavy atom. The van der Waals surface area contributed by atoms with E-state index in [1.165, 1.54) is 11.4 Å². The van der Waals surface area contributed by atoms with Gasteiger partial charge in [-0.25, -0.2) is 0 Å². The molecular weight excluding hydrogens is 372 g/mol. The quantitative estimate of drug-likeness (QED) is 0.330. The van der Waals surface area contributed by atoms with Crippen LogP contribution in [0.1, 0.15) is 55.4 Å². The number of benzene rings is 2. The molecule has 0 radical (unpaired) electrons. The van der Waals surface area contributed by atoms with E-state index in [1.54, 1.807) is 0 Å². The van der Waals surface area contributed by atoms with Crippen LogP contribution in [0, 0.1) is 0 Å². The molecule has 0 aliphatic carbocycles. The summed E-state index contributed by atoms with van der Waals surface area (Å²) >= 11 is 0. The van der Waals surface area contributed by atoms with E-state index in [0.29, 0.717) is 29.9 Å². The molecule has 0 fully saturated rings. The molecule has 4 rings (SSSR count). The van der Waals surface area contributed by atoms with Crippen molar-refractivity contribution in [1.82, 2.24) is 0 Å². The van der Waals surface area contributed by atoms with Crippen molar-refractivity contribution < 1.29 is 8.83 Å². The predicted octanol–water partition coefficient (Wildman–Crippen LogP) is 7.58. The molecule has 2 aromatic carbocycles. The Hall–Kier alpha value is -2.62. The van der Waals surface area contributed by atoms with Crippen molar-refractivity contribution in [3.05, 3.63) is 36.4 Å². The predicted molar refractivity (Wildman–Crippen MR) is 129 cm³/mol. The van der Waals surface area contributed by atoms with Crippen LogP contribution in [0.5, 0.6) is 0 Å². The average Bonchev–Trinajstić information content (AvgIpc) is 3.15. The molecule has 2 heterocycles. The van der Waals surface area contributed by atoms with E-state index < -0.39 is 0 Å². The molecule has 0 aliphatic heterocycles. The number of nitrogens with zero attached hydrogens (tertiary/aromatic N) is 2. The molecule has 0 saturated carbocycles. The zero-order valence-electron chi connectivity index (χ0n) is 19.5. The Kier molecular flexibility index (Phi) is 5.21. The van der Waals surface area contributed by atoms with Gasteiger partial charge in [-0.2, -0.15) is 0 Å². The molecule has 0 N–H and O–H groups in total. The first kappa shape index (κ1) is 20.6. The highest BCUT2D eigenvalue weighted by molar-refractivity contribution is 6.18. The van der Waals surface area contributed by atoms with Crippen LogP contribution in [0.3, 0.4) is 0 Å². The minimum atomic E-state index is 0.421. The lowest BCUT2D eigenvalue weighted by Crippen LogP contribution is -2.36. The molecule has 4 nitrogen and oxygen atoms in total.